The Bertz CT molecular complexity index is 277. The van der Waals surface area contributed by atoms with Crippen molar-refractivity contribution in [3.05, 3.63) is 12.7 Å². The van der Waals surface area contributed by atoms with Gasteiger partial charge < -0.3 is 14.3 Å². The highest BCUT2D eigenvalue weighted by Gasteiger charge is 2.41. The van der Waals surface area contributed by atoms with Crippen LogP contribution in [-0.4, -0.2) is 31.8 Å². The van der Waals surface area contributed by atoms with Crippen LogP contribution in [0, 0.1) is 5.92 Å². The zero-order valence-electron chi connectivity index (χ0n) is 9.72. The molecular weight excluding hydrogens is 206 g/mol. The minimum atomic E-state index is -0.0365. The lowest BCUT2D eigenvalue weighted by Gasteiger charge is -2.18. The van der Waals surface area contributed by atoms with E-state index in [1.54, 1.807) is 7.11 Å². The van der Waals surface area contributed by atoms with Crippen molar-refractivity contribution in [3.8, 4) is 0 Å². The molecule has 1 aliphatic carbocycles. The van der Waals surface area contributed by atoms with Gasteiger partial charge in [-0.25, -0.2) is 0 Å². The van der Waals surface area contributed by atoms with Gasteiger partial charge in [-0.3, -0.25) is 0 Å². The number of nitrogens with zero attached hydrogens (tertiary/aromatic N) is 1. The quantitative estimate of drug-likeness (QED) is 0.513. The molecule has 0 bridgehead atoms. The molecule has 4 heteroatoms. The molecule has 0 N–H and O–H groups in total. The fourth-order valence-corrected chi connectivity index (χ4v) is 2.46. The van der Waals surface area contributed by atoms with Crippen LogP contribution in [0.15, 0.2) is 17.8 Å². The van der Waals surface area contributed by atoms with Crippen molar-refractivity contribution in [2.45, 2.75) is 37.9 Å². The summed E-state index contributed by atoms with van der Waals surface area (Å²) in [6.45, 7) is 4.04. The van der Waals surface area contributed by atoms with E-state index in [-0.39, 0.29) is 19.0 Å². The van der Waals surface area contributed by atoms with Crippen molar-refractivity contribution in [2.75, 3.05) is 13.9 Å². The van der Waals surface area contributed by atoms with Crippen LogP contribution in [0.25, 0.3) is 0 Å². The third-order valence-corrected chi connectivity index (χ3v) is 3.22. The number of methoxy groups -OCH3 is 1. The summed E-state index contributed by atoms with van der Waals surface area (Å²) < 4.78 is 10.6. The Hall–Kier alpha value is -0.870. The number of rotatable bonds is 6. The first kappa shape index (κ1) is 11.6. The van der Waals surface area contributed by atoms with E-state index in [4.69, 9.17) is 14.3 Å². The van der Waals surface area contributed by atoms with Gasteiger partial charge in [-0.1, -0.05) is 11.2 Å². The van der Waals surface area contributed by atoms with Crippen molar-refractivity contribution < 1.29 is 14.3 Å². The number of fused-ring (bicyclic) bond motifs is 1. The van der Waals surface area contributed by atoms with Gasteiger partial charge in [0, 0.05) is 13.0 Å². The molecule has 0 aromatic carbocycles. The van der Waals surface area contributed by atoms with Crippen LogP contribution in [0.1, 0.15) is 25.7 Å². The van der Waals surface area contributed by atoms with Crippen molar-refractivity contribution in [2.24, 2.45) is 11.1 Å². The third kappa shape index (κ3) is 2.28. The Balaban J connectivity index is 1.98. The normalized spacial score (nSPS) is 29.4. The van der Waals surface area contributed by atoms with Crippen LogP contribution in [-0.2, 0) is 14.3 Å². The van der Waals surface area contributed by atoms with Crippen LogP contribution >= 0.6 is 0 Å². The maximum atomic E-state index is 5.62. The minimum Gasteiger partial charge on any atom is -0.392 e. The molecule has 1 aliphatic heterocycles. The summed E-state index contributed by atoms with van der Waals surface area (Å²) in [7, 11) is 1.62. The molecular formula is C12H19NO3. The lowest BCUT2D eigenvalue weighted by Crippen LogP contribution is -2.31. The molecule has 1 heterocycles. The SMILES string of the molecule is C=CC[C@H](OCOC)C1=NO[C@H]2CCC[C@@H]12. The largest absolute Gasteiger partial charge is 0.392 e. The minimum absolute atomic E-state index is 0.0365. The van der Waals surface area contributed by atoms with Crippen molar-refractivity contribution in [1.82, 2.24) is 0 Å². The molecule has 1 fully saturated rings. The lowest BCUT2D eigenvalue weighted by atomic mass is 9.94. The highest BCUT2D eigenvalue weighted by atomic mass is 16.7. The van der Waals surface area contributed by atoms with Crippen LogP contribution in [0.2, 0.25) is 0 Å². The van der Waals surface area contributed by atoms with Crippen molar-refractivity contribution >= 4 is 5.71 Å². The summed E-state index contributed by atoms with van der Waals surface area (Å²) in [6.07, 6.45) is 6.36. The number of ether oxygens (including phenoxy) is 2. The fourth-order valence-electron chi connectivity index (χ4n) is 2.46. The van der Waals surface area contributed by atoms with E-state index in [1.807, 2.05) is 6.08 Å². The second-order valence-corrected chi connectivity index (χ2v) is 4.28. The van der Waals surface area contributed by atoms with Gasteiger partial charge in [0.15, 0.2) is 0 Å². The molecule has 4 nitrogen and oxygen atoms in total. The Morgan fingerprint density at radius 3 is 3.25 bits per heavy atom. The second kappa shape index (κ2) is 5.46. The van der Waals surface area contributed by atoms with Gasteiger partial charge in [0.05, 0.1) is 5.71 Å². The Morgan fingerprint density at radius 1 is 1.62 bits per heavy atom. The zero-order chi connectivity index (χ0) is 11.4. The molecule has 0 aromatic rings. The van der Waals surface area contributed by atoms with E-state index in [9.17, 15) is 0 Å². The van der Waals surface area contributed by atoms with Gasteiger partial charge in [0.2, 0.25) is 0 Å². The standard InChI is InChI=1S/C12H19NO3/c1-3-5-11(15-8-14-2)12-9-6-4-7-10(9)16-13-12/h3,9-11H,1,4-8H2,2H3/t9-,10+,11+/m1/s1. The predicted octanol–water partition coefficient (Wildman–Crippen LogP) is 2.11. The van der Waals surface area contributed by atoms with Gasteiger partial charge in [-0.2, -0.15) is 0 Å². The molecule has 3 atom stereocenters. The van der Waals surface area contributed by atoms with Crippen molar-refractivity contribution in [1.29, 1.82) is 0 Å². The number of hydrogen-bond acceptors (Lipinski definition) is 4. The summed E-state index contributed by atoms with van der Waals surface area (Å²) in [4.78, 5) is 5.43. The molecule has 90 valence electrons. The van der Waals surface area contributed by atoms with Gasteiger partial charge in [0.1, 0.15) is 19.0 Å². The molecule has 0 saturated heterocycles. The Labute approximate surface area is 96.2 Å². The summed E-state index contributed by atoms with van der Waals surface area (Å²) in [5.74, 6) is 0.446. The molecule has 16 heavy (non-hydrogen) atoms. The predicted molar refractivity (Wildman–Crippen MR) is 61.2 cm³/mol. The van der Waals surface area contributed by atoms with Crippen LogP contribution in [0.5, 0.6) is 0 Å². The second-order valence-electron chi connectivity index (χ2n) is 4.28. The first-order chi connectivity index (χ1) is 7.86. The lowest BCUT2D eigenvalue weighted by molar-refractivity contribution is -0.0489. The van der Waals surface area contributed by atoms with Crippen LogP contribution < -0.4 is 0 Å². The summed E-state index contributed by atoms with van der Waals surface area (Å²) in [5, 5.41) is 4.18. The van der Waals surface area contributed by atoms with Crippen LogP contribution in [0.3, 0.4) is 0 Å². The zero-order valence-corrected chi connectivity index (χ0v) is 9.72. The molecule has 0 aromatic heterocycles. The van der Waals surface area contributed by atoms with Gasteiger partial charge in [-0.15, -0.1) is 6.58 Å². The topological polar surface area (TPSA) is 40.0 Å². The molecule has 2 aliphatic rings. The van der Waals surface area contributed by atoms with E-state index in [0.29, 0.717) is 5.92 Å². The van der Waals surface area contributed by atoms with Gasteiger partial charge in [0.25, 0.3) is 0 Å². The van der Waals surface area contributed by atoms with E-state index in [1.165, 1.54) is 6.42 Å². The highest BCUT2D eigenvalue weighted by Crippen LogP contribution is 2.35. The number of oxime groups is 1. The van der Waals surface area contributed by atoms with E-state index >= 15 is 0 Å². The summed E-state index contributed by atoms with van der Waals surface area (Å²) >= 11 is 0. The van der Waals surface area contributed by atoms with Gasteiger partial charge >= 0.3 is 0 Å². The summed E-state index contributed by atoms with van der Waals surface area (Å²) in [5.41, 5.74) is 1.04. The molecule has 0 unspecified atom stereocenters. The van der Waals surface area contributed by atoms with Crippen LogP contribution in [0.4, 0.5) is 0 Å². The molecule has 1 saturated carbocycles. The fraction of sp³-hybridized carbons (Fsp3) is 0.750. The van der Waals surface area contributed by atoms with E-state index in [2.05, 4.69) is 11.7 Å². The Morgan fingerprint density at radius 2 is 2.50 bits per heavy atom. The smallest absolute Gasteiger partial charge is 0.147 e. The maximum Gasteiger partial charge on any atom is 0.147 e. The molecule has 0 amide bonds. The molecule has 2 rings (SSSR count). The average Bonchev–Trinajstić information content (AvgIpc) is 2.86. The van der Waals surface area contributed by atoms with Crippen molar-refractivity contribution in [3.63, 3.8) is 0 Å². The third-order valence-electron chi connectivity index (χ3n) is 3.22. The molecule has 0 spiro atoms. The summed E-state index contributed by atoms with van der Waals surface area (Å²) in [6, 6.07) is 0. The Kier molecular flexibility index (Phi) is 3.96. The first-order valence-corrected chi connectivity index (χ1v) is 5.82. The van der Waals surface area contributed by atoms with E-state index in [0.717, 1.165) is 25.0 Å². The highest BCUT2D eigenvalue weighted by molar-refractivity contribution is 5.92. The van der Waals surface area contributed by atoms with E-state index < -0.39 is 0 Å². The monoisotopic (exact) mass is 225 g/mol. The molecule has 0 radical (unpaired) electrons. The van der Waals surface area contributed by atoms with Gasteiger partial charge in [-0.05, 0) is 25.7 Å². The maximum absolute atomic E-state index is 5.62. The number of hydrogen-bond donors (Lipinski definition) is 0. The average molecular weight is 225 g/mol. The first-order valence-electron chi connectivity index (χ1n) is 5.82.